The van der Waals surface area contributed by atoms with Crippen LogP contribution in [0.4, 0.5) is 24.5 Å². The van der Waals surface area contributed by atoms with E-state index in [4.69, 9.17) is 0 Å². The molecule has 1 aliphatic rings. The van der Waals surface area contributed by atoms with E-state index in [-0.39, 0.29) is 17.1 Å². The van der Waals surface area contributed by atoms with Crippen LogP contribution in [0, 0.1) is 0 Å². The van der Waals surface area contributed by atoms with E-state index in [1.54, 1.807) is 30.5 Å². The molecule has 0 radical (unpaired) electrons. The summed E-state index contributed by atoms with van der Waals surface area (Å²) in [6.45, 7) is -0.114. The van der Waals surface area contributed by atoms with Crippen molar-refractivity contribution in [1.82, 2.24) is 9.55 Å². The molecule has 1 atom stereocenters. The maximum absolute atomic E-state index is 13.2. The lowest BCUT2D eigenvalue weighted by Crippen LogP contribution is -2.34. The van der Waals surface area contributed by atoms with Crippen molar-refractivity contribution in [3.8, 4) is 0 Å². The van der Waals surface area contributed by atoms with E-state index in [2.05, 4.69) is 4.98 Å². The van der Waals surface area contributed by atoms with Crippen LogP contribution < -0.4 is 4.90 Å². The van der Waals surface area contributed by atoms with E-state index in [1.807, 2.05) is 0 Å². The molecule has 0 N–H and O–H groups in total. The van der Waals surface area contributed by atoms with Crippen LogP contribution in [-0.2, 0) is 28.7 Å². The quantitative estimate of drug-likeness (QED) is 0.625. The maximum atomic E-state index is 13.2. The number of amides is 1. The number of aromatic nitrogens is 2. The first-order chi connectivity index (χ1) is 12.9. The maximum Gasteiger partial charge on any atom is 0.416 e. The molecule has 0 saturated heterocycles. The molecule has 1 amide bonds. The number of imidazole rings is 1. The van der Waals surface area contributed by atoms with Gasteiger partial charge in [0.05, 0.1) is 11.9 Å². The lowest BCUT2D eigenvalue weighted by molar-refractivity contribution is -0.137. The second kappa shape index (κ2) is 6.43. The molecule has 2 heterocycles. The molecule has 0 spiro atoms. The number of para-hydroxylation sites is 1. The van der Waals surface area contributed by atoms with Crippen molar-refractivity contribution in [2.24, 2.45) is 0 Å². The Morgan fingerprint density at radius 2 is 1.85 bits per heavy atom. The highest BCUT2D eigenvalue weighted by atomic mass is 32.2. The molecule has 0 saturated carbocycles. The van der Waals surface area contributed by atoms with E-state index in [1.165, 1.54) is 28.1 Å². The predicted octanol–water partition coefficient (Wildman–Crippen LogP) is 3.75. The van der Waals surface area contributed by atoms with Crippen molar-refractivity contribution >= 4 is 28.5 Å². The van der Waals surface area contributed by atoms with Gasteiger partial charge in [0, 0.05) is 23.6 Å². The Balaban J connectivity index is 1.86. The Kier molecular flexibility index (Phi) is 4.20. The van der Waals surface area contributed by atoms with Crippen molar-refractivity contribution in [3.05, 3.63) is 66.7 Å². The van der Waals surface area contributed by atoms with Crippen LogP contribution in [0.1, 0.15) is 5.56 Å². The highest BCUT2D eigenvalue weighted by Crippen LogP contribution is 2.46. The van der Waals surface area contributed by atoms with Gasteiger partial charge in [-0.2, -0.15) is 13.2 Å². The summed E-state index contributed by atoms with van der Waals surface area (Å²) >= 11 is -1.68. The van der Waals surface area contributed by atoms with Crippen LogP contribution in [-0.4, -0.2) is 20.0 Å². The van der Waals surface area contributed by atoms with Gasteiger partial charge in [-0.25, -0.2) is 4.98 Å². The van der Waals surface area contributed by atoms with Gasteiger partial charge in [0.2, 0.25) is 0 Å². The Morgan fingerprint density at radius 1 is 1.11 bits per heavy atom. The van der Waals surface area contributed by atoms with E-state index < -0.39 is 28.8 Å². The molecule has 1 aliphatic heterocycles. The summed E-state index contributed by atoms with van der Waals surface area (Å²) in [5.41, 5.74) is -0.613. The number of anilines is 2. The van der Waals surface area contributed by atoms with Gasteiger partial charge in [0.15, 0.2) is 9.79 Å². The van der Waals surface area contributed by atoms with Crippen molar-refractivity contribution in [2.75, 3.05) is 4.90 Å². The van der Waals surface area contributed by atoms with Crippen LogP contribution in [0.5, 0.6) is 0 Å². The minimum Gasteiger partial charge on any atom is -0.606 e. The predicted molar refractivity (Wildman–Crippen MR) is 91.9 cm³/mol. The van der Waals surface area contributed by atoms with Gasteiger partial charge in [-0.1, -0.05) is 12.1 Å². The zero-order valence-electron chi connectivity index (χ0n) is 13.7. The van der Waals surface area contributed by atoms with Gasteiger partial charge in [-0.3, -0.25) is 9.69 Å². The van der Waals surface area contributed by atoms with Crippen LogP contribution >= 0.6 is 0 Å². The van der Waals surface area contributed by atoms with E-state index in [0.29, 0.717) is 10.6 Å². The Morgan fingerprint density at radius 3 is 2.56 bits per heavy atom. The molecule has 5 nitrogen and oxygen atoms in total. The van der Waals surface area contributed by atoms with Crippen molar-refractivity contribution in [1.29, 1.82) is 0 Å². The number of halogens is 3. The van der Waals surface area contributed by atoms with E-state index >= 15 is 0 Å². The summed E-state index contributed by atoms with van der Waals surface area (Å²) in [6.07, 6.45) is -0.0490. The standard InChI is InChI=1S/C18H12F3N3O2S/c19-18(20,21)12-5-6-16-14(9-12)24(17(25)10-23-8-7-22-11-23)13-3-1-2-4-15(13)27(16)26/h1-9,11H,10H2. The third kappa shape index (κ3) is 3.08. The smallest absolute Gasteiger partial charge is 0.416 e. The number of hydrogen-bond donors (Lipinski definition) is 0. The molecule has 0 bridgehead atoms. The molecule has 3 aromatic rings. The summed E-state index contributed by atoms with van der Waals surface area (Å²) in [4.78, 5) is 18.6. The van der Waals surface area contributed by atoms with Crippen LogP contribution in [0.15, 0.2) is 71.0 Å². The molecule has 0 aliphatic carbocycles. The number of fused-ring (bicyclic) bond motifs is 2. The number of carbonyl (C=O) groups excluding carboxylic acids is 1. The number of hydrogen-bond acceptors (Lipinski definition) is 3. The SMILES string of the molecule is O=C(Cn1ccnc1)N1c2ccccc2[S+]([O-])c2ccc(C(F)(F)F)cc21. The van der Waals surface area contributed by atoms with Gasteiger partial charge in [0.25, 0.3) is 5.91 Å². The summed E-state index contributed by atoms with van der Waals surface area (Å²) in [7, 11) is 0. The normalized spacial score (nSPS) is 16.0. The fourth-order valence-electron chi connectivity index (χ4n) is 2.95. The number of carbonyl (C=O) groups is 1. The van der Waals surface area contributed by atoms with Crippen LogP contribution in [0.3, 0.4) is 0 Å². The van der Waals surface area contributed by atoms with Crippen molar-refractivity contribution in [3.63, 3.8) is 0 Å². The Bertz CT molecular complexity index is 1010. The van der Waals surface area contributed by atoms with E-state index in [0.717, 1.165) is 12.1 Å². The molecule has 1 unspecified atom stereocenters. The molecule has 2 aromatic carbocycles. The fraction of sp³-hybridized carbons (Fsp3) is 0.111. The minimum absolute atomic E-state index is 0.0213. The molecule has 138 valence electrons. The second-order valence-corrected chi connectivity index (χ2v) is 7.30. The van der Waals surface area contributed by atoms with Crippen LogP contribution in [0.25, 0.3) is 0 Å². The second-order valence-electron chi connectivity index (χ2n) is 5.88. The minimum atomic E-state index is -4.58. The van der Waals surface area contributed by atoms with Gasteiger partial charge in [0.1, 0.15) is 17.9 Å². The van der Waals surface area contributed by atoms with Gasteiger partial charge in [-0.15, -0.1) is 0 Å². The Labute approximate surface area is 155 Å². The molecular formula is C18H12F3N3O2S. The highest BCUT2D eigenvalue weighted by molar-refractivity contribution is 7.92. The zero-order valence-corrected chi connectivity index (χ0v) is 14.5. The average molecular weight is 391 g/mol. The lowest BCUT2D eigenvalue weighted by atomic mass is 10.1. The monoisotopic (exact) mass is 391 g/mol. The summed E-state index contributed by atoms with van der Waals surface area (Å²) in [6, 6.07) is 9.40. The first kappa shape index (κ1) is 17.6. The number of alkyl halides is 3. The molecule has 27 heavy (non-hydrogen) atoms. The largest absolute Gasteiger partial charge is 0.606 e. The summed E-state index contributed by atoms with van der Waals surface area (Å²) < 4.78 is 53.9. The number of rotatable bonds is 2. The lowest BCUT2D eigenvalue weighted by Gasteiger charge is -2.31. The summed E-state index contributed by atoms with van der Waals surface area (Å²) in [5.74, 6) is -0.460. The number of nitrogens with zero attached hydrogens (tertiary/aromatic N) is 3. The highest BCUT2D eigenvalue weighted by Gasteiger charge is 2.39. The molecular weight excluding hydrogens is 379 g/mol. The van der Waals surface area contributed by atoms with E-state index in [9.17, 15) is 22.5 Å². The fourth-order valence-corrected chi connectivity index (χ4v) is 4.27. The van der Waals surface area contributed by atoms with Gasteiger partial charge >= 0.3 is 6.18 Å². The Hall–Kier alpha value is -2.78. The van der Waals surface area contributed by atoms with Crippen molar-refractivity contribution in [2.45, 2.75) is 22.5 Å². The first-order valence-corrected chi connectivity index (χ1v) is 9.02. The summed E-state index contributed by atoms with van der Waals surface area (Å²) in [5, 5.41) is 0. The average Bonchev–Trinajstić information content (AvgIpc) is 3.14. The topological polar surface area (TPSA) is 61.2 Å². The molecule has 4 rings (SSSR count). The molecule has 0 fully saturated rings. The molecule has 9 heteroatoms. The third-order valence-corrected chi connectivity index (χ3v) is 5.65. The van der Waals surface area contributed by atoms with Gasteiger partial charge in [-0.05, 0) is 30.3 Å². The molecule has 1 aromatic heterocycles. The third-order valence-electron chi connectivity index (χ3n) is 4.16. The van der Waals surface area contributed by atoms with Gasteiger partial charge < -0.3 is 9.12 Å². The van der Waals surface area contributed by atoms with Crippen molar-refractivity contribution < 1.29 is 22.5 Å². The first-order valence-electron chi connectivity index (χ1n) is 7.87. The van der Waals surface area contributed by atoms with Crippen LogP contribution in [0.2, 0.25) is 0 Å². The zero-order chi connectivity index (χ0) is 19.2. The number of benzene rings is 2.